The van der Waals surface area contributed by atoms with Crippen molar-refractivity contribution in [3.8, 4) is 6.07 Å². The van der Waals surface area contributed by atoms with Gasteiger partial charge in [0.05, 0.1) is 5.69 Å². The second-order valence-corrected chi connectivity index (χ2v) is 6.91. The van der Waals surface area contributed by atoms with E-state index in [4.69, 9.17) is 11.0 Å². The summed E-state index contributed by atoms with van der Waals surface area (Å²) in [5.74, 6) is 0.962. The van der Waals surface area contributed by atoms with Gasteiger partial charge in [0.25, 0.3) is 0 Å². The number of nitriles is 1. The molecule has 2 atom stereocenters. The third-order valence-corrected chi connectivity index (χ3v) is 4.74. The van der Waals surface area contributed by atoms with Gasteiger partial charge in [-0.1, -0.05) is 6.92 Å². The van der Waals surface area contributed by atoms with E-state index in [1.807, 2.05) is 6.07 Å². The molecule has 1 fully saturated rings. The van der Waals surface area contributed by atoms with Gasteiger partial charge in [0.15, 0.2) is 5.82 Å². The van der Waals surface area contributed by atoms with Crippen LogP contribution in [0.4, 0.5) is 10.6 Å². The van der Waals surface area contributed by atoms with Crippen LogP contribution in [0.3, 0.4) is 0 Å². The Balaban J connectivity index is 1.61. The Labute approximate surface area is 149 Å². The number of hydrogen-bond donors (Lipinski definition) is 4. The first-order valence-corrected chi connectivity index (χ1v) is 8.99. The zero-order valence-electron chi connectivity index (χ0n) is 15.1. The molecule has 1 aliphatic heterocycles. The lowest BCUT2D eigenvalue weighted by atomic mass is 9.99. The number of nitrogens with zero attached hydrogens (tertiary/aromatic N) is 3. The average Bonchev–Trinajstić information content (AvgIpc) is 2.96. The molecule has 0 radical (unpaired) electrons. The van der Waals surface area contributed by atoms with Crippen LogP contribution in [0.2, 0.25) is 0 Å². The van der Waals surface area contributed by atoms with Gasteiger partial charge in [-0.3, -0.25) is 10.00 Å². The fourth-order valence-corrected chi connectivity index (χ4v) is 3.22. The predicted octanol–water partition coefficient (Wildman–Crippen LogP) is 1.22. The van der Waals surface area contributed by atoms with Crippen LogP contribution in [0.5, 0.6) is 0 Å². The van der Waals surface area contributed by atoms with Crippen LogP contribution in [0.15, 0.2) is 0 Å². The maximum absolute atomic E-state index is 11.9. The van der Waals surface area contributed by atoms with Crippen LogP contribution < -0.4 is 16.4 Å². The van der Waals surface area contributed by atoms with Gasteiger partial charge in [-0.25, -0.2) is 4.79 Å². The topological polar surface area (TPSA) is 123 Å². The minimum atomic E-state index is -0.151. The first-order chi connectivity index (χ1) is 12.0. The van der Waals surface area contributed by atoms with Gasteiger partial charge in [-0.2, -0.15) is 10.4 Å². The zero-order chi connectivity index (χ0) is 18.2. The smallest absolute Gasteiger partial charge is 0.314 e. The Hall–Kier alpha value is -2.27. The third kappa shape index (κ3) is 5.64. The van der Waals surface area contributed by atoms with E-state index in [0.717, 1.165) is 24.7 Å². The number of hydrogen-bond acceptors (Lipinski definition) is 5. The molecule has 0 spiro atoms. The van der Waals surface area contributed by atoms with Crippen LogP contribution >= 0.6 is 0 Å². The van der Waals surface area contributed by atoms with Crippen molar-refractivity contribution in [3.63, 3.8) is 0 Å². The number of nitrogens with two attached hydrogens (primary N) is 1. The lowest BCUT2D eigenvalue weighted by molar-refractivity contribution is 0.137. The normalized spacial score (nSPS) is 19.2. The first-order valence-electron chi connectivity index (χ1n) is 8.99. The highest BCUT2D eigenvalue weighted by atomic mass is 16.2. The van der Waals surface area contributed by atoms with E-state index in [2.05, 4.69) is 39.6 Å². The summed E-state index contributed by atoms with van der Waals surface area (Å²) in [7, 11) is 0. The molecule has 2 heterocycles. The minimum absolute atomic E-state index is 0.151. The maximum atomic E-state index is 11.9. The summed E-state index contributed by atoms with van der Waals surface area (Å²) < 4.78 is 0. The van der Waals surface area contributed by atoms with E-state index >= 15 is 0 Å². The van der Waals surface area contributed by atoms with Crippen LogP contribution in [0.25, 0.3) is 0 Å². The van der Waals surface area contributed by atoms with Crippen molar-refractivity contribution in [1.29, 1.82) is 5.26 Å². The lowest BCUT2D eigenvalue weighted by Gasteiger charge is -2.35. The van der Waals surface area contributed by atoms with E-state index in [9.17, 15) is 4.79 Å². The molecular formula is C17H29N7O. The van der Waals surface area contributed by atoms with Crippen molar-refractivity contribution in [3.05, 3.63) is 11.3 Å². The number of nitrogens with one attached hydrogen (secondary N) is 3. The van der Waals surface area contributed by atoms with Crippen molar-refractivity contribution in [2.45, 2.75) is 45.6 Å². The molecule has 1 saturated heterocycles. The maximum Gasteiger partial charge on any atom is 0.314 e. The number of nitrogen functional groups attached to an aromatic ring is 1. The Bertz CT molecular complexity index is 607. The second-order valence-electron chi connectivity index (χ2n) is 6.91. The SMILES string of the molecule is CC1CCCN(C(C)CNC(=O)NCCCc2[nH]nc(N)c2C#N)C1. The number of aryl methyl sites for hydroxylation is 1. The first kappa shape index (κ1) is 19.1. The molecule has 2 amide bonds. The van der Waals surface area contributed by atoms with Crippen molar-refractivity contribution in [2.24, 2.45) is 5.92 Å². The van der Waals surface area contributed by atoms with E-state index in [-0.39, 0.29) is 11.8 Å². The number of aromatic amines is 1. The van der Waals surface area contributed by atoms with Crippen molar-refractivity contribution < 1.29 is 4.79 Å². The monoisotopic (exact) mass is 347 g/mol. The molecule has 1 aliphatic rings. The van der Waals surface area contributed by atoms with E-state index in [0.29, 0.717) is 37.5 Å². The van der Waals surface area contributed by atoms with Crippen molar-refractivity contribution in [2.75, 3.05) is 31.9 Å². The molecule has 1 aromatic rings. The molecule has 8 nitrogen and oxygen atoms in total. The van der Waals surface area contributed by atoms with E-state index in [1.54, 1.807) is 0 Å². The quantitative estimate of drug-likeness (QED) is 0.552. The highest BCUT2D eigenvalue weighted by Gasteiger charge is 2.21. The van der Waals surface area contributed by atoms with Crippen molar-refractivity contribution in [1.82, 2.24) is 25.7 Å². The Kier molecular flexibility index (Phi) is 7.07. The molecule has 0 aromatic carbocycles. The summed E-state index contributed by atoms with van der Waals surface area (Å²) in [6.07, 6.45) is 3.87. The van der Waals surface area contributed by atoms with E-state index in [1.165, 1.54) is 12.8 Å². The molecule has 138 valence electrons. The second kappa shape index (κ2) is 9.28. The highest BCUT2D eigenvalue weighted by Crippen LogP contribution is 2.17. The number of urea groups is 1. The predicted molar refractivity (Wildman–Crippen MR) is 96.9 cm³/mol. The summed E-state index contributed by atoms with van der Waals surface area (Å²) in [4.78, 5) is 14.3. The largest absolute Gasteiger partial charge is 0.381 e. The van der Waals surface area contributed by atoms with Gasteiger partial charge < -0.3 is 16.4 Å². The minimum Gasteiger partial charge on any atom is -0.381 e. The number of piperidine rings is 1. The van der Waals surface area contributed by atoms with Crippen LogP contribution in [0, 0.1) is 17.2 Å². The average molecular weight is 347 g/mol. The molecule has 0 aliphatic carbocycles. The van der Waals surface area contributed by atoms with Gasteiger partial charge >= 0.3 is 6.03 Å². The molecule has 8 heteroatoms. The number of carbonyl (C=O) groups is 1. The molecule has 5 N–H and O–H groups in total. The number of amides is 2. The molecule has 25 heavy (non-hydrogen) atoms. The number of rotatable bonds is 7. The summed E-state index contributed by atoms with van der Waals surface area (Å²) in [5.41, 5.74) is 6.71. The zero-order valence-corrected chi connectivity index (χ0v) is 15.1. The molecule has 0 bridgehead atoms. The molecule has 0 saturated carbocycles. The molecule has 2 rings (SSSR count). The number of likely N-dealkylation sites (tertiary alicyclic amines) is 1. The Morgan fingerprint density at radius 3 is 3.08 bits per heavy atom. The molecule has 2 unspecified atom stereocenters. The Morgan fingerprint density at radius 1 is 1.56 bits per heavy atom. The summed E-state index contributed by atoms with van der Waals surface area (Å²) in [6, 6.07) is 2.23. The van der Waals surface area contributed by atoms with Gasteiger partial charge in [-0.15, -0.1) is 0 Å². The van der Waals surface area contributed by atoms with Crippen LogP contribution in [-0.2, 0) is 6.42 Å². The number of anilines is 1. The van der Waals surface area contributed by atoms with Gasteiger partial charge in [0.2, 0.25) is 0 Å². The van der Waals surface area contributed by atoms with E-state index < -0.39 is 0 Å². The summed E-state index contributed by atoms with van der Waals surface area (Å²) in [6.45, 7) is 7.84. The number of aromatic nitrogens is 2. The molecule has 1 aromatic heterocycles. The highest BCUT2D eigenvalue weighted by molar-refractivity contribution is 5.73. The fraction of sp³-hybridized carbons (Fsp3) is 0.706. The number of H-pyrrole nitrogens is 1. The van der Waals surface area contributed by atoms with Gasteiger partial charge in [0.1, 0.15) is 11.6 Å². The summed E-state index contributed by atoms with van der Waals surface area (Å²) >= 11 is 0. The van der Waals surface area contributed by atoms with Crippen LogP contribution in [0.1, 0.15) is 44.4 Å². The van der Waals surface area contributed by atoms with Gasteiger partial charge in [-0.05, 0) is 45.1 Å². The van der Waals surface area contributed by atoms with Crippen molar-refractivity contribution >= 4 is 11.8 Å². The lowest BCUT2D eigenvalue weighted by Crippen LogP contribution is -2.48. The molecular weight excluding hydrogens is 318 g/mol. The standard InChI is InChI=1S/C17H29N7O/c1-12-5-4-8-24(11-12)13(2)10-21-17(25)20-7-3-6-15-14(9-18)16(19)23-22-15/h12-13H,3-8,10-11H2,1-2H3,(H3,19,22,23)(H2,20,21,25). The Morgan fingerprint density at radius 2 is 2.36 bits per heavy atom. The fourth-order valence-electron chi connectivity index (χ4n) is 3.22. The third-order valence-electron chi connectivity index (χ3n) is 4.74. The van der Waals surface area contributed by atoms with Crippen LogP contribution in [-0.4, -0.2) is 53.3 Å². The van der Waals surface area contributed by atoms with Gasteiger partial charge in [0, 0.05) is 25.7 Å². The number of carbonyl (C=O) groups excluding carboxylic acids is 1. The summed E-state index contributed by atoms with van der Waals surface area (Å²) in [5, 5.41) is 21.4.